The Morgan fingerprint density at radius 3 is 2.61 bits per heavy atom. The molecule has 3 rings (SSSR count). The topological polar surface area (TPSA) is 79.6 Å². The van der Waals surface area contributed by atoms with Crippen LogP contribution in [-0.4, -0.2) is 35.8 Å². The van der Waals surface area contributed by atoms with Gasteiger partial charge in [0.25, 0.3) is 11.1 Å². The van der Waals surface area contributed by atoms with E-state index >= 15 is 0 Å². The summed E-state index contributed by atoms with van der Waals surface area (Å²) in [6.07, 6.45) is 1.64. The predicted octanol–water partition coefficient (Wildman–Crippen LogP) is 4.01. The van der Waals surface area contributed by atoms with E-state index in [1.165, 1.54) is 4.90 Å². The molecular formula is C21H18N2O4S. The minimum atomic E-state index is -0.341. The molecule has 7 heteroatoms. The van der Waals surface area contributed by atoms with Gasteiger partial charge in [-0.05, 0) is 60.2 Å². The molecule has 0 radical (unpaired) electrons. The quantitative estimate of drug-likeness (QED) is 0.660. The second kappa shape index (κ2) is 9.11. The Balaban J connectivity index is 1.63. The average molecular weight is 394 g/mol. The summed E-state index contributed by atoms with van der Waals surface area (Å²) in [5.41, 5.74) is 1.80. The third kappa shape index (κ3) is 4.93. The van der Waals surface area contributed by atoms with Gasteiger partial charge in [-0.15, -0.1) is 0 Å². The van der Waals surface area contributed by atoms with E-state index < -0.39 is 0 Å². The Morgan fingerprint density at radius 1 is 1.11 bits per heavy atom. The van der Waals surface area contributed by atoms with Crippen LogP contribution in [0.1, 0.15) is 11.1 Å². The first-order valence-electron chi connectivity index (χ1n) is 8.61. The van der Waals surface area contributed by atoms with E-state index in [4.69, 9.17) is 14.7 Å². The zero-order chi connectivity index (χ0) is 19.9. The molecule has 0 saturated carbocycles. The number of nitrogens with zero attached hydrogens (tertiary/aromatic N) is 2. The number of imide groups is 1. The largest absolute Gasteiger partial charge is 0.492 e. The first-order valence-corrected chi connectivity index (χ1v) is 9.43. The second-order valence-electron chi connectivity index (χ2n) is 6.02. The lowest BCUT2D eigenvalue weighted by molar-refractivity contribution is -0.123. The van der Waals surface area contributed by atoms with Crippen molar-refractivity contribution in [3.05, 3.63) is 64.6 Å². The summed E-state index contributed by atoms with van der Waals surface area (Å²) in [5.74, 6) is 0.893. The number of carbonyl (C=O) groups excluding carboxylic acids is 2. The highest BCUT2D eigenvalue weighted by Gasteiger charge is 2.34. The van der Waals surface area contributed by atoms with E-state index in [0.717, 1.165) is 22.9 Å². The molecule has 0 N–H and O–H groups in total. The van der Waals surface area contributed by atoms with E-state index in [0.29, 0.717) is 16.4 Å². The maximum atomic E-state index is 12.6. The minimum absolute atomic E-state index is 0.0547. The highest BCUT2D eigenvalue weighted by molar-refractivity contribution is 8.18. The van der Waals surface area contributed by atoms with Crippen molar-refractivity contribution in [2.24, 2.45) is 0 Å². The number of thioether (sulfide) groups is 1. The van der Waals surface area contributed by atoms with E-state index in [-0.39, 0.29) is 30.9 Å². The van der Waals surface area contributed by atoms with Gasteiger partial charge in [0, 0.05) is 0 Å². The van der Waals surface area contributed by atoms with Crippen molar-refractivity contribution in [2.75, 3.05) is 19.8 Å². The Morgan fingerprint density at radius 2 is 1.86 bits per heavy atom. The summed E-state index contributed by atoms with van der Waals surface area (Å²) >= 11 is 0.899. The minimum Gasteiger partial charge on any atom is -0.492 e. The van der Waals surface area contributed by atoms with Gasteiger partial charge in [-0.1, -0.05) is 24.3 Å². The molecule has 2 amide bonds. The molecule has 1 heterocycles. The molecule has 1 fully saturated rings. The second-order valence-corrected chi connectivity index (χ2v) is 7.01. The lowest BCUT2D eigenvalue weighted by Gasteiger charge is -2.13. The van der Waals surface area contributed by atoms with Crippen LogP contribution in [0.4, 0.5) is 4.79 Å². The number of hydrogen-bond acceptors (Lipinski definition) is 6. The molecule has 0 bridgehead atoms. The van der Waals surface area contributed by atoms with Gasteiger partial charge in [-0.3, -0.25) is 14.5 Å². The molecule has 0 unspecified atom stereocenters. The van der Waals surface area contributed by atoms with Crippen molar-refractivity contribution in [3.8, 4) is 17.6 Å². The van der Waals surface area contributed by atoms with Crippen molar-refractivity contribution in [1.82, 2.24) is 4.90 Å². The molecule has 1 aliphatic heterocycles. The molecule has 1 aliphatic rings. The van der Waals surface area contributed by atoms with Crippen LogP contribution < -0.4 is 9.47 Å². The molecule has 0 aliphatic carbocycles. The van der Waals surface area contributed by atoms with E-state index in [2.05, 4.69) is 0 Å². The lowest BCUT2D eigenvalue weighted by atomic mass is 10.2. The molecule has 2 aromatic rings. The Bertz CT molecular complexity index is 965. The van der Waals surface area contributed by atoms with E-state index in [1.807, 2.05) is 37.3 Å². The first kappa shape index (κ1) is 19.5. The summed E-state index contributed by atoms with van der Waals surface area (Å²) in [6.45, 7) is 2.32. The molecule has 142 valence electrons. The molecular weight excluding hydrogens is 376 g/mol. The summed E-state index contributed by atoms with van der Waals surface area (Å²) in [4.78, 5) is 26.3. The zero-order valence-corrected chi connectivity index (χ0v) is 16.1. The fraction of sp³-hybridized carbons (Fsp3) is 0.190. The fourth-order valence-corrected chi connectivity index (χ4v) is 3.48. The Hall–Kier alpha value is -3.24. The van der Waals surface area contributed by atoms with Crippen LogP contribution in [-0.2, 0) is 4.79 Å². The third-order valence-corrected chi connectivity index (χ3v) is 4.81. The highest BCUT2D eigenvalue weighted by atomic mass is 32.2. The number of ether oxygens (including phenoxy) is 2. The molecule has 2 aromatic carbocycles. The maximum Gasteiger partial charge on any atom is 0.293 e. The first-order chi connectivity index (χ1) is 13.6. The van der Waals surface area contributed by atoms with Gasteiger partial charge in [0.05, 0.1) is 11.4 Å². The fourth-order valence-electron chi connectivity index (χ4n) is 2.61. The van der Waals surface area contributed by atoms with Gasteiger partial charge in [0.15, 0.2) is 6.61 Å². The number of rotatable bonds is 7. The molecule has 0 aromatic heterocycles. The maximum absolute atomic E-state index is 12.6. The normalized spacial score (nSPS) is 15.0. The summed E-state index contributed by atoms with van der Waals surface area (Å²) in [5, 5.41) is 8.27. The summed E-state index contributed by atoms with van der Waals surface area (Å²) in [7, 11) is 0. The van der Waals surface area contributed by atoms with Gasteiger partial charge in [-0.2, -0.15) is 5.26 Å². The van der Waals surface area contributed by atoms with Crippen LogP contribution in [0.15, 0.2) is 53.4 Å². The Kier molecular flexibility index (Phi) is 6.35. The van der Waals surface area contributed by atoms with Crippen LogP contribution in [0.3, 0.4) is 0 Å². The number of benzene rings is 2. The van der Waals surface area contributed by atoms with Crippen molar-refractivity contribution >= 4 is 29.0 Å². The number of amides is 2. The number of carbonyl (C=O) groups is 2. The van der Waals surface area contributed by atoms with Crippen LogP contribution in [0.25, 0.3) is 6.08 Å². The highest BCUT2D eigenvalue weighted by Crippen LogP contribution is 2.32. The van der Waals surface area contributed by atoms with Crippen molar-refractivity contribution in [2.45, 2.75) is 6.92 Å². The van der Waals surface area contributed by atoms with Gasteiger partial charge in [0.2, 0.25) is 0 Å². The van der Waals surface area contributed by atoms with E-state index in [9.17, 15) is 9.59 Å². The van der Waals surface area contributed by atoms with E-state index in [1.54, 1.807) is 30.3 Å². The molecule has 6 nitrogen and oxygen atoms in total. The monoisotopic (exact) mass is 394 g/mol. The van der Waals surface area contributed by atoms with Crippen molar-refractivity contribution in [1.29, 1.82) is 5.26 Å². The number of aryl methyl sites for hydroxylation is 1. The zero-order valence-electron chi connectivity index (χ0n) is 15.3. The molecule has 28 heavy (non-hydrogen) atoms. The van der Waals surface area contributed by atoms with Crippen molar-refractivity contribution < 1.29 is 19.1 Å². The van der Waals surface area contributed by atoms with Crippen LogP contribution in [0.5, 0.6) is 11.5 Å². The molecule has 0 atom stereocenters. The van der Waals surface area contributed by atoms with Crippen LogP contribution in [0.2, 0.25) is 0 Å². The summed E-state index contributed by atoms with van der Waals surface area (Å²) in [6, 6.07) is 16.5. The third-order valence-electron chi connectivity index (χ3n) is 3.91. The summed E-state index contributed by atoms with van der Waals surface area (Å²) < 4.78 is 10.9. The number of nitriles is 1. The van der Waals surface area contributed by atoms with Crippen LogP contribution >= 0.6 is 11.8 Å². The number of hydrogen-bond donors (Lipinski definition) is 0. The van der Waals surface area contributed by atoms with Gasteiger partial charge in [0.1, 0.15) is 24.2 Å². The SMILES string of the molecule is Cc1cccc(OCCN2C(=O)S/C(=C\c3cccc(OCC#N)c3)C2=O)c1. The van der Waals surface area contributed by atoms with Gasteiger partial charge >= 0.3 is 0 Å². The molecule has 1 saturated heterocycles. The van der Waals surface area contributed by atoms with Crippen LogP contribution in [0, 0.1) is 18.3 Å². The van der Waals surface area contributed by atoms with Gasteiger partial charge in [-0.25, -0.2) is 0 Å². The average Bonchev–Trinajstić information content (AvgIpc) is 2.94. The smallest absolute Gasteiger partial charge is 0.293 e. The lowest BCUT2D eigenvalue weighted by Crippen LogP contribution is -2.32. The van der Waals surface area contributed by atoms with Gasteiger partial charge < -0.3 is 9.47 Å². The Labute approximate surface area is 167 Å². The van der Waals surface area contributed by atoms with Crippen molar-refractivity contribution in [3.63, 3.8) is 0 Å². The molecule has 0 spiro atoms. The predicted molar refractivity (Wildman–Crippen MR) is 107 cm³/mol. The standard InChI is InChI=1S/C21H18N2O4S/c1-15-4-2-6-17(12-15)27-11-9-23-20(24)19(28-21(23)25)14-16-5-3-7-18(13-16)26-10-8-22/h2-7,12-14H,9-11H2,1H3/b19-14-.